The third-order valence-electron chi connectivity index (χ3n) is 2.81. The Hall–Kier alpha value is -2.17. The molecule has 0 fully saturated rings. The summed E-state index contributed by atoms with van der Waals surface area (Å²) in [6, 6.07) is 13.8. The zero-order chi connectivity index (χ0) is 16.1. The van der Waals surface area contributed by atoms with Crippen molar-refractivity contribution in [3.63, 3.8) is 0 Å². The van der Waals surface area contributed by atoms with Gasteiger partial charge in [0.2, 0.25) is 0 Å². The molecule has 1 amide bonds. The quantitative estimate of drug-likeness (QED) is 0.553. The molecule has 2 aromatic carbocycles. The summed E-state index contributed by atoms with van der Waals surface area (Å²) in [4.78, 5) is 12.3. The highest BCUT2D eigenvalue weighted by Gasteiger charge is 2.15. The van der Waals surface area contributed by atoms with Crippen molar-refractivity contribution < 1.29 is 9.90 Å². The molecule has 2 rings (SSSR count). The van der Waals surface area contributed by atoms with E-state index in [0.717, 1.165) is 0 Å². The topological polar surface area (TPSA) is 61.4 Å². The largest absolute Gasteiger partial charge is 0.510 e. The number of aliphatic hydroxyl groups is 1. The molecule has 0 atom stereocenters. The maximum absolute atomic E-state index is 12.3. The second-order valence-corrected chi connectivity index (χ2v) is 5.37. The number of benzene rings is 2. The molecule has 0 spiro atoms. The molecule has 22 heavy (non-hydrogen) atoms. The molecular weight excluding hydrogens is 323 g/mol. The first kappa shape index (κ1) is 16.2. The normalized spacial score (nSPS) is 11.6. The monoisotopic (exact) mass is 336 g/mol. The van der Waals surface area contributed by atoms with Gasteiger partial charge in [-0.25, -0.2) is 0 Å². The van der Waals surface area contributed by atoms with Crippen LogP contribution in [0.1, 0.15) is 6.92 Å². The van der Waals surface area contributed by atoms with E-state index in [4.69, 9.17) is 23.2 Å². The fraction of sp³-hybridized carbons (Fsp3) is 0.0625. The smallest absolute Gasteiger partial charge is 0.275 e. The fourth-order valence-electron chi connectivity index (χ4n) is 1.76. The van der Waals surface area contributed by atoms with E-state index >= 15 is 0 Å². The van der Waals surface area contributed by atoms with Crippen LogP contribution in [0, 0.1) is 0 Å². The van der Waals surface area contributed by atoms with Crippen molar-refractivity contribution in [3.8, 4) is 0 Å². The zero-order valence-electron chi connectivity index (χ0n) is 11.7. The van der Waals surface area contributed by atoms with Gasteiger partial charge in [0.25, 0.3) is 5.91 Å². The number of amides is 1. The SMILES string of the molecule is C/C(O)=C(/Nc1ccccc1)C(=O)Nc1cc(Cl)ccc1Cl. The van der Waals surface area contributed by atoms with E-state index in [2.05, 4.69) is 10.6 Å². The molecule has 0 aliphatic carbocycles. The number of carbonyl (C=O) groups excluding carboxylic acids is 1. The summed E-state index contributed by atoms with van der Waals surface area (Å²) >= 11 is 11.9. The number of hydrogen-bond acceptors (Lipinski definition) is 3. The van der Waals surface area contributed by atoms with Gasteiger partial charge in [0.05, 0.1) is 10.7 Å². The zero-order valence-corrected chi connectivity index (χ0v) is 13.2. The number of carbonyl (C=O) groups is 1. The molecule has 3 N–H and O–H groups in total. The molecule has 2 aromatic rings. The molecule has 114 valence electrons. The third kappa shape index (κ3) is 4.16. The minimum absolute atomic E-state index is 0.0299. The van der Waals surface area contributed by atoms with E-state index in [9.17, 15) is 9.90 Å². The average Bonchev–Trinajstić information content (AvgIpc) is 2.49. The van der Waals surface area contributed by atoms with Crippen molar-refractivity contribution in [1.29, 1.82) is 0 Å². The van der Waals surface area contributed by atoms with Gasteiger partial charge in [-0.1, -0.05) is 41.4 Å². The molecule has 6 heteroatoms. The molecule has 0 aliphatic rings. The van der Waals surface area contributed by atoms with Crippen molar-refractivity contribution >= 4 is 40.5 Å². The third-order valence-corrected chi connectivity index (χ3v) is 3.37. The number of nitrogens with one attached hydrogen (secondary N) is 2. The Kier molecular flexibility index (Phi) is 5.31. The van der Waals surface area contributed by atoms with Gasteiger partial charge >= 0.3 is 0 Å². The molecular formula is C16H14Cl2N2O2. The van der Waals surface area contributed by atoms with Gasteiger partial charge in [-0.15, -0.1) is 0 Å². The highest BCUT2D eigenvalue weighted by molar-refractivity contribution is 6.35. The maximum Gasteiger partial charge on any atom is 0.275 e. The van der Waals surface area contributed by atoms with Gasteiger partial charge in [0.15, 0.2) is 0 Å². The second kappa shape index (κ2) is 7.20. The average molecular weight is 337 g/mol. The Morgan fingerprint density at radius 2 is 1.73 bits per heavy atom. The van der Waals surface area contributed by atoms with Crippen LogP contribution >= 0.6 is 23.2 Å². The van der Waals surface area contributed by atoms with Gasteiger partial charge in [-0.3, -0.25) is 4.79 Å². The number of aliphatic hydroxyl groups excluding tert-OH is 1. The van der Waals surface area contributed by atoms with Crippen LogP contribution in [0.4, 0.5) is 11.4 Å². The molecule has 0 aromatic heterocycles. The second-order valence-electron chi connectivity index (χ2n) is 4.53. The van der Waals surface area contributed by atoms with Crippen LogP contribution in [0.5, 0.6) is 0 Å². The van der Waals surface area contributed by atoms with Crippen molar-refractivity contribution in [2.24, 2.45) is 0 Å². The van der Waals surface area contributed by atoms with Crippen LogP contribution < -0.4 is 10.6 Å². The Bertz CT molecular complexity index is 711. The summed E-state index contributed by atoms with van der Waals surface area (Å²) in [6.07, 6.45) is 0. The number of halogens is 2. The Balaban J connectivity index is 2.21. The van der Waals surface area contributed by atoms with Crippen molar-refractivity contribution in [3.05, 3.63) is 70.0 Å². The summed E-state index contributed by atoms with van der Waals surface area (Å²) in [5.41, 5.74) is 1.08. The lowest BCUT2D eigenvalue weighted by Crippen LogP contribution is -2.21. The predicted molar refractivity (Wildman–Crippen MR) is 90.5 cm³/mol. The molecule has 0 aliphatic heterocycles. The van der Waals surface area contributed by atoms with Gasteiger partial charge in [0, 0.05) is 10.7 Å². The highest BCUT2D eigenvalue weighted by Crippen LogP contribution is 2.26. The van der Waals surface area contributed by atoms with Crippen molar-refractivity contribution in [1.82, 2.24) is 0 Å². The first-order valence-electron chi connectivity index (χ1n) is 6.45. The van der Waals surface area contributed by atoms with E-state index < -0.39 is 5.91 Å². The standard InChI is InChI=1S/C16H14Cl2N2O2/c1-10(21)15(19-12-5-3-2-4-6-12)16(22)20-14-9-11(17)7-8-13(14)18/h2-9,19,21H,1H3,(H,20,22)/b15-10-. The summed E-state index contributed by atoms with van der Waals surface area (Å²) in [7, 11) is 0. The van der Waals surface area contributed by atoms with E-state index in [1.54, 1.807) is 24.3 Å². The van der Waals surface area contributed by atoms with Gasteiger partial charge < -0.3 is 15.7 Å². The molecule has 0 radical (unpaired) electrons. The lowest BCUT2D eigenvalue weighted by molar-refractivity contribution is -0.112. The predicted octanol–water partition coefficient (Wildman–Crippen LogP) is 4.83. The van der Waals surface area contributed by atoms with E-state index in [1.807, 2.05) is 18.2 Å². The lowest BCUT2D eigenvalue weighted by atomic mass is 10.2. The van der Waals surface area contributed by atoms with Crippen LogP contribution in [-0.2, 0) is 4.79 Å². The molecule has 4 nitrogen and oxygen atoms in total. The van der Waals surface area contributed by atoms with Gasteiger partial charge in [-0.2, -0.15) is 0 Å². The summed E-state index contributed by atoms with van der Waals surface area (Å²) in [5, 5.41) is 16.0. The Labute approximate surface area is 138 Å². The lowest BCUT2D eigenvalue weighted by Gasteiger charge is -2.13. The van der Waals surface area contributed by atoms with Crippen LogP contribution in [0.25, 0.3) is 0 Å². The van der Waals surface area contributed by atoms with E-state index in [-0.39, 0.29) is 11.5 Å². The molecule has 0 bridgehead atoms. The first-order valence-corrected chi connectivity index (χ1v) is 7.21. The maximum atomic E-state index is 12.3. The number of anilines is 2. The van der Waals surface area contributed by atoms with Crippen LogP contribution in [0.2, 0.25) is 10.0 Å². The number of allylic oxidation sites excluding steroid dienone is 1. The summed E-state index contributed by atoms with van der Waals surface area (Å²) in [5.74, 6) is -0.660. The number of para-hydroxylation sites is 1. The Morgan fingerprint density at radius 3 is 2.36 bits per heavy atom. The molecule has 0 saturated heterocycles. The van der Waals surface area contributed by atoms with Crippen LogP contribution in [0.15, 0.2) is 60.0 Å². The molecule has 0 heterocycles. The van der Waals surface area contributed by atoms with Crippen molar-refractivity contribution in [2.45, 2.75) is 6.92 Å². The molecule has 0 unspecified atom stereocenters. The number of rotatable bonds is 4. The van der Waals surface area contributed by atoms with E-state index in [0.29, 0.717) is 21.4 Å². The first-order chi connectivity index (χ1) is 10.5. The van der Waals surface area contributed by atoms with Crippen LogP contribution in [0.3, 0.4) is 0 Å². The Morgan fingerprint density at radius 1 is 1.05 bits per heavy atom. The fourth-order valence-corrected chi connectivity index (χ4v) is 2.09. The molecule has 0 saturated carbocycles. The minimum Gasteiger partial charge on any atom is -0.510 e. The summed E-state index contributed by atoms with van der Waals surface area (Å²) < 4.78 is 0. The number of hydrogen-bond donors (Lipinski definition) is 3. The highest BCUT2D eigenvalue weighted by atomic mass is 35.5. The summed E-state index contributed by atoms with van der Waals surface area (Å²) in [6.45, 7) is 1.42. The van der Waals surface area contributed by atoms with Gasteiger partial charge in [-0.05, 0) is 37.3 Å². The minimum atomic E-state index is -0.520. The van der Waals surface area contributed by atoms with Crippen LogP contribution in [-0.4, -0.2) is 11.0 Å². The van der Waals surface area contributed by atoms with Crippen molar-refractivity contribution in [2.75, 3.05) is 10.6 Å². The van der Waals surface area contributed by atoms with Gasteiger partial charge in [0.1, 0.15) is 11.5 Å². The van der Waals surface area contributed by atoms with E-state index in [1.165, 1.54) is 13.0 Å².